The van der Waals surface area contributed by atoms with Gasteiger partial charge in [0.05, 0.1) is 6.61 Å². The van der Waals surface area contributed by atoms with Gasteiger partial charge in [-0.1, -0.05) is 32.9 Å². The monoisotopic (exact) mass is 509 g/mol. The number of carbonyl (C=O) groups excluding carboxylic acids is 3. The smallest absolute Gasteiger partial charge is 0.332 e. The van der Waals surface area contributed by atoms with E-state index >= 15 is 0 Å². The van der Waals surface area contributed by atoms with Crippen molar-refractivity contribution in [1.82, 2.24) is 15.5 Å². The number of allylic oxidation sites excluding steroid dienone is 1. The zero-order valence-corrected chi connectivity index (χ0v) is 23.9. The van der Waals surface area contributed by atoms with E-state index in [1.807, 2.05) is 6.08 Å². The SMILES string of the molecule is C=CCCCCN(C)C(=O)N[C@@H](CCO[Si](C)(C)C(C)(C)C)C(=O)N[C@]1(C(=O)OCC)C[C@H]1C=C. The van der Waals surface area contributed by atoms with Crippen LogP contribution >= 0.6 is 0 Å². The van der Waals surface area contributed by atoms with E-state index in [1.165, 1.54) is 0 Å². The van der Waals surface area contributed by atoms with Crippen LogP contribution in [-0.2, 0) is 18.8 Å². The summed E-state index contributed by atoms with van der Waals surface area (Å²) in [4.78, 5) is 40.4. The Morgan fingerprint density at radius 3 is 2.40 bits per heavy atom. The molecule has 0 aromatic carbocycles. The highest BCUT2D eigenvalue weighted by molar-refractivity contribution is 6.74. The van der Waals surface area contributed by atoms with Crippen molar-refractivity contribution in [3.63, 3.8) is 0 Å². The number of nitrogens with one attached hydrogen (secondary N) is 2. The van der Waals surface area contributed by atoms with Gasteiger partial charge in [-0.25, -0.2) is 9.59 Å². The third kappa shape index (κ3) is 8.79. The van der Waals surface area contributed by atoms with Gasteiger partial charge < -0.3 is 24.7 Å². The minimum absolute atomic E-state index is 0.0266. The van der Waals surface area contributed by atoms with Gasteiger partial charge in [-0.05, 0) is 57.2 Å². The van der Waals surface area contributed by atoms with Crippen LogP contribution in [0.2, 0.25) is 18.1 Å². The molecule has 0 saturated heterocycles. The number of carbonyl (C=O) groups is 3. The van der Waals surface area contributed by atoms with Crippen LogP contribution in [0.5, 0.6) is 0 Å². The molecule has 0 radical (unpaired) electrons. The molecule has 200 valence electrons. The number of esters is 1. The number of nitrogens with zero attached hydrogens (tertiary/aromatic N) is 1. The lowest BCUT2D eigenvalue weighted by Gasteiger charge is -2.36. The Bertz CT molecular complexity index is 765. The van der Waals surface area contributed by atoms with Gasteiger partial charge in [-0.3, -0.25) is 4.79 Å². The second kappa shape index (κ2) is 13.3. The van der Waals surface area contributed by atoms with Crippen LogP contribution in [-0.4, -0.2) is 69.5 Å². The quantitative estimate of drug-likeness (QED) is 0.148. The second-order valence-electron chi connectivity index (χ2n) is 10.8. The molecule has 1 aliphatic rings. The predicted molar refractivity (Wildman–Crippen MR) is 143 cm³/mol. The van der Waals surface area contributed by atoms with Gasteiger partial charge in [0, 0.05) is 26.1 Å². The molecular weight excluding hydrogens is 462 g/mol. The maximum atomic E-state index is 13.3. The first-order valence-electron chi connectivity index (χ1n) is 12.6. The third-order valence-corrected chi connectivity index (χ3v) is 11.6. The minimum atomic E-state index is -2.02. The zero-order chi connectivity index (χ0) is 26.9. The second-order valence-corrected chi connectivity index (χ2v) is 15.6. The highest BCUT2D eigenvalue weighted by Crippen LogP contribution is 2.45. The standard InChI is InChI=1S/C26H47N3O5Si/c1-10-13-14-15-17-29(7)24(32)27-21(16-18-34-35(8,9)25(4,5)6)22(30)28-26(19-20(26)11-2)23(31)33-12-3/h10-11,20-21H,1-2,12-19H2,3-9H3,(H,27,32)(H,28,30)/t20-,21+,26-/m1/s1. The van der Waals surface area contributed by atoms with Crippen LogP contribution in [0.3, 0.4) is 0 Å². The molecule has 0 bridgehead atoms. The first kappa shape index (κ1) is 30.9. The lowest BCUT2D eigenvalue weighted by Crippen LogP contribution is -2.56. The molecule has 1 aliphatic carbocycles. The molecule has 0 aromatic rings. The maximum Gasteiger partial charge on any atom is 0.332 e. The van der Waals surface area contributed by atoms with Crippen LogP contribution in [0.25, 0.3) is 0 Å². The van der Waals surface area contributed by atoms with E-state index in [0.717, 1.165) is 19.3 Å². The largest absolute Gasteiger partial charge is 0.464 e. The lowest BCUT2D eigenvalue weighted by atomic mass is 10.1. The molecule has 2 N–H and O–H groups in total. The number of ether oxygens (including phenoxy) is 1. The van der Waals surface area contributed by atoms with Crippen molar-refractivity contribution in [2.24, 2.45) is 5.92 Å². The van der Waals surface area contributed by atoms with Crippen molar-refractivity contribution in [1.29, 1.82) is 0 Å². The van der Waals surface area contributed by atoms with Crippen LogP contribution in [0, 0.1) is 5.92 Å². The van der Waals surface area contributed by atoms with E-state index in [2.05, 4.69) is 57.7 Å². The van der Waals surface area contributed by atoms with E-state index in [1.54, 1.807) is 24.9 Å². The van der Waals surface area contributed by atoms with Crippen molar-refractivity contribution >= 4 is 26.2 Å². The molecule has 0 heterocycles. The Labute approximate surface area is 213 Å². The Hall–Kier alpha value is -2.13. The molecule has 9 heteroatoms. The number of hydrogen-bond donors (Lipinski definition) is 2. The van der Waals surface area contributed by atoms with Crippen molar-refractivity contribution in [2.45, 2.75) is 89.5 Å². The van der Waals surface area contributed by atoms with Gasteiger partial charge in [0.2, 0.25) is 5.91 Å². The molecule has 1 saturated carbocycles. The number of amides is 3. The summed E-state index contributed by atoms with van der Waals surface area (Å²) in [6, 6.07) is -1.18. The summed E-state index contributed by atoms with van der Waals surface area (Å²) in [7, 11) is -0.317. The van der Waals surface area contributed by atoms with Crippen molar-refractivity contribution < 1.29 is 23.5 Å². The predicted octanol–water partition coefficient (Wildman–Crippen LogP) is 4.39. The summed E-state index contributed by atoms with van der Waals surface area (Å²) in [5.41, 5.74) is -1.12. The molecule has 0 aliphatic heterocycles. The van der Waals surface area contributed by atoms with E-state index in [-0.39, 0.29) is 23.6 Å². The van der Waals surface area contributed by atoms with E-state index in [4.69, 9.17) is 9.16 Å². The first-order valence-corrected chi connectivity index (χ1v) is 15.5. The summed E-state index contributed by atoms with van der Waals surface area (Å²) < 4.78 is 11.5. The Balaban J connectivity index is 2.93. The molecule has 0 unspecified atom stereocenters. The van der Waals surface area contributed by atoms with Crippen molar-refractivity contribution in [2.75, 3.05) is 26.8 Å². The molecule has 8 nitrogen and oxygen atoms in total. The molecule has 0 aromatic heterocycles. The molecule has 3 amide bonds. The van der Waals surface area contributed by atoms with Crippen molar-refractivity contribution in [3.05, 3.63) is 25.3 Å². The summed E-state index contributed by atoms with van der Waals surface area (Å²) in [6.07, 6.45) is 6.92. The Morgan fingerprint density at radius 2 is 1.89 bits per heavy atom. The Kier molecular flexibility index (Phi) is 11.7. The van der Waals surface area contributed by atoms with E-state index < -0.39 is 31.8 Å². The molecule has 1 fully saturated rings. The van der Waals surface area contributed by atoms with Crippen molar-refractivity contribution in [3.8, 4) is 0 Å². The summed E-state index contributed by atoms with van der Waals surface area (Å²) in [5, 5.41) is 5.74. The lowest BCUT2D eigenvalue weighted by molar-refractivity contribution is -0.149. The average molecular weight is 510 g/mol. The van der Waals surface area contributed by atoms with Gasteiger partial charge >= 0.3 is 12.0 Å². The van der Waals surface area contributed by atoms with Crippen LogP contribution in [0.1, 0.15) is 59.8 Å². The number of hydrogen-bond acceptors (Lipinski definition) is 5. The molecule has 0 spiro atoms. The molecule has 3 atom stereocenters. The highest BCUT2D eigenvalue weighted by Gasteiger charge is 2.61. The average Bonchev–Trinajstić information content (AvgIpc) is 3.49. The summed E-state index contributed by atoms with van der Waals surface area (Å²) in [5.74, 6) is -1.09. The zero-order valence-electron chi connectivity index (χ0n) is 22.9. The maximum absolute atomic E-state index is 13.3. The van der Waals surface area contributed by atoms with Crippen LogP contribution in [0.15, 0.2) is 25.3 Å². The number of urea groups is 1. The van der Waals surface area contributed by atoms with Gasteiger partial charge in [-0.15, -0.1) is 13.2 Å². The molecule has 35 heavy (non-hydrogen) atoms. The van der Waals surface area contributed by atoms with Gasteiger partial charge in [0.25, 0.3) is 0 Å². The fourth-order valence-electron chi connectivity index (χ4n) is 3.48. The number of rotatable bonds is 15. The van der Waals surface area contributed by atoms with Gasteiger partial charge in [-0.2, -0.15) is 0 Å². The Morgan fingerprint density at radius 1 is 1.23 bits per heavy atom. The molecular formula is C26H47N3O5Si. The highest BCUT2D eigenvalue weighted by atomic mass is 28.4. The van der Waals surface area contributed by atoms with Gasteiger partial charge in [0.1, 0.15) is 11.6 Å². The van der Waals surface area contributed by atoms with E-state index in [9.17, 15) is 14.4 Å². The third-order valence-electron chi connectivity index (χ3n) is 7.07. The van der Waals surface area contributed by atoms with Crippen LogP contribution in [0.4, 0.5) is 4.79 Å². The number of unbranched alkanes of at least 4 members (excludes halogenated alkanes) is 2. The summed E-state index contributed by atoms with van der Waals surface area (Å²) in [6.45, 7) is 21.1. The summed E-state index contributed by atoms with van der Waals surface area (Å²) >= 11 is 0. The normalized spacial score (nSPS) is 20.4. The minimum Gasteiger partial charge on any atom is -0.464 e. The van der Waals surface area contributed by atoms with Gasteiger partial charge in [0.15, 0.2) is 8.32 Å². The first-order chi connectivity index (χ1) is 16.3. The van der Waals surface area contributed by atoms with E-state index in [0.29, 0.717) is 26.0 Å². The molecule has 1 rings (SSSR count). The fourth-order valence-corrected chi connectivity index (χ4v) is 4.55. The fraction of sp³-hybridized carbons (Fsp3) is 0.731. The topological polar surface area (TPSA) is 97.0 Å². The van der Waals surface area contributed by atoms with Crippen LogP contribution < -0.4 is 10.6 Å².